The number of aromatic nitrogens is 3. The molecule has 1 amide bonds. The number of rotatable bonds is 5. The van der Waals surface area contributed by atoms with Gasteiger partial charge in [-0.05, 0) is 24.5 Å². The molecule has 0 unspecified atom stereocenters. The number of thioether (sulfide) groups is 1. The topological polar surface area (TPSA) is 95.9 Å². The van der Waals surface area contributed by atoms with Crippen molar-refractivity contribution in [1.29, 1.82) is 0 Å². The molecule has 0 fully saturated rings. The average Bonchev–Trinajstić information content (AvgIpc) is 2.96. The van der Waals surface area contributed by atoms with Gasteiger partial charge in [-0.15, -0.1) is 10.2 Å². The molecule has 0 spiro atoms. The summed E-state index contributed by atoms with van der Waals surface area (Å²) in [6.07, 6.45) is 0.946. The number of nitrogens with zero attached hydrogens (tertiary/aromatic N) is 4. The lowest BCUT2D eigenvalue weighted by Crippen LogP contribution is -2.36. The van der Waals surface area contributed by atoms with E-state index in [0.29, 0.717) is 44.9 Å². The smallest absolute Gasteiger partial charge is 0.247 e. The van der Waals surface area contributed by atoms with Crippen molar-refractivity contribution < 1.29 is 23.7 Å². The first kappa shape index (κ1) is 21.7. The quantitative estimate of drug-likeness (QED) is 0.534. The highest BCUT2D eigenvalue weighted by Crippen LogP contribution is 2.48. The first-order valence-electron chi connectivity index (χ1n) is 9.67. The lowest BCUT2D eigenvalue weighted by Gasteiger charge is -2.31. The fourth-order valence-corrected chi connectivity index (χ4v) is 3.96. The summed E-state index contributed by atoms with van der Waals surface area (Å²) in [5, 5.41) is 8.96. The van der Waals surface area contributed by atoms with Crippen LogP contribution in [0.4, 0.5) is 5.69 Å². The van der Waals surface area contributed by atoms with Crippen LogP contribution in [0.1, 0.15) is 18.7 Å². The number of amides is 1. The van der Waals surface area contributed by atoms with E-state index in [0.717, 1.165) is 0 Å². The molecule has 0 radical (unpaired) electrons. The maximum atomic E-state index is 12.9. The van der Waals surface area contributed by atoms with Crippen molar-refractivity contribution in [2.24, 2.45) is 0 Å². The molecule has 4 rings (SSSR count). The Kier molecular flexibility index (Phi) is 6.04. The predicted octanol–water partition coefficient (Wildman–Crippen LogP) is 3.73. The summed E-state index contributed by atoms with van der Waals surface area (Å²) >= 11 is 1.35. The molecule has 0 saturated carbocycles. The molecule has 1 aromatic heterocycles. The van der Waals surface area contributed by atoms with Crippen molar-refractivity contribution >= 4 is 23.4 Å². The second-order valence-electron chi connectivity index (χ2n) is 6.75. The van der Waals surface area contributed by atoms with Crippen molar-refractivity contribution in [2.45, 2.75) is 18.3 Å². The van der Waals surface area contributed by atoms with Crippen LogP contribution in [0.5, 0.6) is 23.1 Å². The Bertz CT molecular complexity index is 1170. The number of carbonyl (C=O) groups excluding carboxylic acids is 1. The van der Waals surface area contributed by atoms with Crippen molar-refractivity contribution in [1.82, 2.24) is 15.2 Å². The van der Waals surface area contributed by atoms with Crippen LogP contribution < -0.4 is 23.8 Å². The molecule has 9 nitrogen and oxygen atoms in total. The van der Waals surface area contributed by atoms with Crippen molar-refractivity contribution in [3.8, 4) is 34.4 Å². The summed E-state index contributed by atoms with van der Waals surface area (Å²) in [5.41, 5.74) is 2.32. The summed E-state index contributed by atoms with van der Waals surface area (Å²) in [6.45, 7) is 1.47. The van der Waals surface area contributed by atoms with Gasteiger partial charge in [-0.3, -0.25) is 9.69 Å². The fourth-order valence-electron chi connectivity index (χ4n) is 3.66. The van der Waals surface area contributed by atoms with E-state index in [1.807, 2.05) is 30.5 Å². The van der Waals surface area contributed by atoms with Gasteiger partial charge in [-0.25, -0.2) is 0 Å². The number of hydrogen-bond donors (Lipinski definition) is 0. The van der Waals surface area contributed by atoms with E-state index in [1.54, 1.807) is 24.1 Å². The number of ether oxygens (including phenoxy) is 4. The molecule has 32 heavy (non-hydrogen) atoms. The van der Waals surface area contributed by atoms with E-state index in [-0.39, 0.29) is 11.8 Å². The Balaban J connectivity index is 2.01. The third-order valence-corrected chi connectivity index (χ3v) is 5.57. The van der Waals surface area contributed by atoms with Gasteiger partial charge in [0.25, 0.3) is 0 Å². The standard InChI is InChI=1S/C22H22N4O5S/c1-12(27)26-15-9-7-6-8-13(15)17-20(23-22(32-5)25-24-17)31-21(26)14-10-11-16(28-2)19(30-4)18(14)29-3/h6-11,21H,1-5H3/t21-/m1/s1. The highest BCUT2D eigenvalue weighted by molar-refractivity contribution is 7.98. The van der Waals surface area contributed by atoms with Crippen LogP contribution >= 0.6 is 11.8 Å². The molecule has 2 heterocycles. The Hall–Kier alpha value is -3.53. The van der Waals surface area contributed by atoms with Crippen LogP contribution in [0.25, 0.3) is 11.3 Å². The van der Waals surface area contributed by atoms with E-state index < -0.39 is 6.23 Å². The molecule has 0 bridgehead atoms. The third kappa shape index (κ3) is 3.56. The molecule has 0 saturated heterocycles. The molecular formula is C22H22N4O5S. The summed E-state index contributed by atoms with van der Waals surface area (Å²) < 4.78 is 23.0. The van der Waals surface area contributed by atoms with Gasteiger partial charge in [0.15, 0.2) is 17.2 Å². The largest absolute Gasteiger partial charge is 0.493 e. The second kappa shape index (κ2) is 8.91. The molecule has 1 aliphatic rings. The van der Waals surface area contributed by atoms with Crippen LogP contribution in [0.15, 0.2) is 41.6 Å². The summed E-state index contributed by atoms with van der Waals surface area (Å²) in [4.78, 5) is 19.0. The van der Waals surface area contributed by atoms with E-state index in [1.165, 1.54) is 32.9 Å². The minimum Gasteiger partial charge on any atom is -0.493 e. The van der Waals surface area contributed by atoms with Crippen LogP contribution in [-0.4, -0.2) is 48.7 Å². The molecule has 166 valence electrons. The van der Waals surface area contributed by atoms with Gasteiger partial charge < -0.3 is 18.9 Å². The maximum absolute atomic E-state index is 12.9. The third-order valence-electron chi connectivity index (χ3n) is 5.03. The van der Waals surface area contributed by atoms with Crippen molar-refractivity contribution in [3.63, 3.8) is 0 Å². The molecule has 1 atom stereocenters. The lowest BCUT2D eigenvalue weighted by molar-refractivity contribution is -0.118. The van der Waals surface area contributed by atoms with Crippen LogP contribution in [0.3, 0.4) is 0 Å². The number of methoxy groups -OCH3 is 3. The summed E-state index contributed by atoms with van der Waals surface area (Å²) in [6, 6.07) is 10.9. The van der Waals surface area contributed by atoms with Gasteiger partial charge in [0.2, 0.25) is 28.9 Å². The number of anilines is 1. The van der Waals surface area contributed by atoms with Gasteiger partial charge >= 0.3 is 0 Å². The summed E-state index contributed by atoms with van der Waals surface area (Å²) in [7, 11) is 4.58. The molecule has 2 aromatic carbocycles. The zero-order valence-corrected chi connectivity index (χ0v) is 19.1. The van der Waals surface area contributed by atoms with Gasteiger partial charge in [0.1, 0.15) is 0 Å². The van der Waals surface area contributed by atoms with Crippen LogP contribution in [0, 0.1) is 0 Å². The number of fused-ring (bicyclic) bond motifs is 3. The van der Waals surface area contributed by atoms with E-state index in [2.05, 4.69) is 15.2 Å². The van der Waals surface area contributed by atoms with Crippen LogP contribution in [0.2, 0.25) is 0 Å². The number of para-hydroxylation sites is 1. The molecule has 0 N–H and O–H groups in total. The predicted molar refractivity (Wildman–Crippen MR) is 120 cm³/mol. The highest BCUT2D eigenvalue weighted by atomic mass is 32.2. The van der Waals surface area contributed by atoms with Crippen LogP contribution in [-0.2, 0) is 4.79 Å². The number of hydrogen-bond acceptors (Lipinski definition) is 9. The highest BCUT2D eigenvalue weighted by Gasteiger charge is 2.37. The SMILES string of the molecule is COc1ccc([C@H]2Oc3nc(SC)nnc3-c3ccccc3N2C(C)=O)c(OC)c1OC. The van der Waals surface area contributed by atoms with E-state index in [9.17, 15) is 4.79 Å². The van der Waals surface area contributed by atoms with E-state index in [4.69, 9.17) is 18.9 Å². The molecular weight excluding hydrogens is 432 g/mol. The first-order valence-corrected chi connectivity index (χ1v) is 10.9. The van der Waals surface area contributed by atoms with Gasteiger partial charge in [-0.1, -0.05) is 30.0 Å². The Labute approximate surface area is 189 Å². The van der Waals surface area contributed by atoms with Gasteiger partial charge in [0, 0.05) is 12.5 Å². The fraction of sp³-hybridized carbons (Fsp3) is 0.273. The monoisotopic (exact) mass is 454 g/mol. The lowest BCUT2D eigenvalue weighted by atomic mass is 10.1. The van der Waals surface area contributed by atoms with Gasteiger partial charge in [-0.2, -0.15) is 4.98 Å². The van der Waals surface area contributed by atoms with Crippen molar-refractivity contribution in [2.75, 3.05) is 32.5 Å². The average molecular weight is 455 g/mol. The Morgan fingerprint density at radius 2 is 1.78 bits per heavy atom. The van der Waals surface area contributed by atoms with Gasteiger partial charge in [0.05, 0.1) is 32.6 Å². The second-order valence-corrected chi connectivity index (χ2v) is 7.53. The van der Waals surface area contributed by atoms with E-state index >= 15 is 0 Å². The Morgan fingerprint density at radius 3 is 2.44 bits per heavy atom. The Morgan fingerprint density at radius 1 is 1.03 bits per heavy atom. The normalized spacial score (nSPS) is 14.5. The molecule has 3 aromatic rings. The molecule has 10 heteroatoms. The maximum Gasteiger partial charge on any atom is 0.247 e. The van der Waals surface area contributed by atoms with Crippen molar-refractivity contribution in [3.05, 3.63) is 42.0 Å². The number of benzene rings is 2. The first-order chi connectivity index (χ1) is 15.5. The number of carbonyl (C=O) groups is 1. The molecule has 1 aliphatic heterocycles. The minimum atomic E-state index is -0.906. The minimum absolute atomic E-state index is 0.231. The molecule has 0 aliphatic carbocycles. The summed E-state index contributed by atoms with van der Waals surface area (Å²) in [5.74, 6) is 1.30. The zero-order valence-electron chi connectivity index (χ0n) is 18.3. The zero-order chi connectivity index (χ0) is 22.8.